The molecule has 0 bridgehead atoms. The highest BCUT2D eigenvalue weighted by Crippen LogP contribution is 2.26. The zero-order chi connectivity index (χ0) is 20.3. The molecule has 0 atom stereocenters. The number of urea groups is 1. The molecule has 2 N–H and O–H groups in total. The summed E-state index contributed by atoms with van der Waals surface area (Å²) in [5.41, 5.74) is 2.38. The van der Waals surface area contributed by atoms with Gasteiger partial charge in [-0.1, -0.05) is 6.07 Å². The lowest BCUT2D eigenvalue weighted by Crippen LogP contribution is -2.52. The van der Waals surface area contributed by atoms with Gasteiger partial charge in [-0.3, -0.25) is 15.0 Å². The van der Waals surface area contributed by atoms with Gasteiger partial charge < -0.3 is 5.32 Å². The number of fused-ring (bicyclic) bond motifs is 1. The molecule has 0 spiro atoms. The second-order valence-electron chi connectivity index (χ2n) is 7.64. The summed E-state index contributed by atoms with van der Waals surface area (Å²) in [6.45, 7) is 5.23. The van der Waals surface area contributed by atoms with Crippen molar-refractivity contribution in [2.45, 2.75) is 44.0 Å². The van der Waals surface area contributed by atoms with Gasteiger partial charge in [-0.05, 0) is 56.4 Å². The minimum atomic E-state index is -3.53. The van der Waals surface area contributed by atoms with Crippen LogP contribution in [0.4, 0.5) is 4.79 Å². The maximum Gasteiger partial charge on any atom is 0.321 e. The molecule has 28 heavy (non-hydrogen) atoms. The first-order valence-electron chi connectivity index (χ1n) is 9.70. The third-order valence-corrected chi connectivity index (χ3v) is 6.97. The number of nitrogens with zero attached hydrogens (tertiary/aromatic N) is 2. The van der Waals surface area contributed by atoms with Crippen LogP contribution < -0.4 is 10.6 Å². The molecule has 0 radical (unpaired) electrons. The van der Waals surface area contributed by atoms with Gasteiger partial charge in [0.05, 0.1) is 11.4 Å². The summed E-state index contributed by atoms with van der Waals surface area (Å²) >= 11 is 0. The first kappa shape index (κ1) is 20.8. The van der Waals surface area contributed by atoms with Crippen LogP contribution in [0.2, 0.25) is 0 Å². The van der Waals surface area contributed by atoms with Gasteiger partial charge in [-0.25, -0.2) is 13.2 Å². The minimum absolute atomic E-state index is 0.0548. The SMILES string of the molecule is CC(C)NC(=O)NC(=O)CN1CCN(S(=O)(=O)c2ccc3c(c2)CCC3)CC1. The summed E-state index contributed by atoms with van der Waals surface area (Å²) in [4.78, 5) is 25.7. The van der Waals surface area contributed by atoms with Crippen molar-refractivity contribution in [2.75, 3.05) is 32.7 Å². The van der Waals surface area contributed by atoms with Gasteiger partial charge in [-0.15, -0.1) is 0 Å². The summed E-state index contributed by atoms with van der Waals surface area (Å²) in [5, 5.41) is 4.88. The minimum Gasteiger partial charge on any atom is -0.336 e. The number of imide groups is 1. The van der Waals surface area contributed by atoms with Crippen LogP contribution in [-0.4, -0.2) is 68.3 Å². The molecule has 3 amide bonds. The van der Waals surface area contributed by atoms with Crippen molar-refractivity contribution in [1.29, 1.82) is 0 Å². The number of piperazine rings is 1. The van der Waals surface area contributed by atoms with Crippen molar-refractivity contribution in [3.63, 3.8) is 0 Å². The summed E-state index contributed by atoms with van der Waals surface area (Å²) in [7, 11) is -3.53. The Kier molecular flexibility index (Phi) is 6.36. The molecule has 1 saturated heterocycles. The number of benzene rings is 1. The fourth-order valence-electron chi connectivity index (χ4n) is 3.65. The van der Waals surface area contributed by atoms with Gasteiger partial charge in [0.15, 0.2) is 0 Å². The number of carbonyl (C=O) groups excluding carboxylic acids is 2. The van der Waals surface area contributed by atoms with Crippen molar-refractivity contribution in [2.24, 2.45) is 0 Å². The molecule has 1 aromatic carbocycles. The number of amides is 3. The number of hydrogen-bond acceptors (Lipinski definition) is 5. The van der Waals surface area contributed by atoms with E-state index >= 15 is 0 Å². The van der Waals surface area contributed by atoms with E-state index in [0.717, 1.165) is 24.8 Å². The Morgan fingerprint density at radius 1 is 1.07 bits per heavy atom. The van der Waals surface area contributed by atoms with E-state index < -0.39 is 22.0 Å². The van der Waals surface area contributed by atoms with E-state index in [1.165, 1.54) is 9.87 Å². The van der Waals surface area contributed by atoms with E-state index in [-0.39, 0.29) is 12.6 Å². The maximum atomic E-state index is 12.9. The topological polar surface area (TPSA) is 98.8 Å². The van der Waals surface area contributed by atoms with Crippen LogP contribution in [0.3, 0.4) is 0 Å². The summed E-state index contributed by atoms with van der Waals surface area (Å²) in [6, 6.07) is 4.87. The molecule has 9 heteroatoms. The fraction of sp³-hybridized carbons (Fsp3) is 0.579. The lowest BCUT2D eigenvalue weighted by Gasteiger charge is -2.33. The molecule has 0 saturated carbocycles. The van der Waals surface area contributed by atoms with Crippen molar-refractivity contribution < 1.29 is 18.0 Å². The summed E-state index contributed by atoms with van der Waals surface area (Å²) in [6.07, 6.45) is 3.03. The number of nitrogens with one attached hydrogen (secondary N) is 2. The first-order chi connectivity index (χ1) is 13.3. The molecule has 3 rings (SSSR count). The van der Waals surface area contributed by atoms with E-state index in [2.05, 4.69) is 10.6 Å². The van der Waals surface area contributed by atoms with E-state index in [1.54, 1.807) is 6.07 Å². The third kappa shape index (κ3) is 4.89. The van der Waals surface area contributed by atoms with Crippen LogP contribution in [0.15, 0.2) is 23.1 Å². The predicted octanol–water partition coefficient (Wildman–Crippen LogP) is 0.716. The van der Waals surface area contributed by atoms with E-state index in [9.17, 15) is 18.0 Å². The Morgan fingerprint density at radius 3 is 2.43 bits per heavy atom. The van der Waals surface area contributed by atoms with Crippen LogP contribution in [0.1, 0.15) is 31.4 Å². The molecule has 0 unspecified atom stereocenters. The molecular formula is C19H28N4O4S. The Morgan fingerprint density at radius 2 is 1.75 bits per heavy atom. The van der Waals surface area contributed by atoms with Gasteiger partial charge in [-0.2, -0.15) is 4.31 Å². The molecule has 8 nitrogen and oxygen atoms in total. The van der Waals surface area contributed by atoms with Crippen molar-refractivity contribution >= 4 is 22.0 Å². The summed E-state index contributed by atoms with van der Waals surface area (Å²) in [5.74, 6) is -0.395. The molecule has 1 aliphatic heterocycles. The van der Waals surface area contributed by atoms with Gasteiger partial charge >= 0.3 is 6.03 Å². The van der Waals surface area contributed by atoms with Gasteiger partial charge in [0, 0.05) is 32.2 Å². The largest absolute Gasteiger partial charge is 0.336 e. The van der Waals surface area contributed by atoms with Crippen LogP contribution in [0, 0.1) is 0 Å². The molecular weight excluding hydrogens is 380 g/mol. The summed E-state index contributed by atoms with van der Waals surface area (Å²) < 4.78 is 27.4. The standard InChI is InChI=1S/C19H28N4O4S/c1-14(2)20-19(25)21-18(24)13-22-8-10-23(11-9-22)28(26,27)17-7-6-15-4-3-5-16(15)12-17/h6-7,12,14H,3-5,8-11,13H2,1-2H3,(H2,20,21,24,25). The van der Waals surface area contributed by atoms with Gasteiger partial charge in [0.2, 0.25) is 15.9 Å². The molecule has 1 heterocycles. The molecule has 2 aliphatic rings. The van der Waals surface area contributed by atoms with Gasteiger partial charge in [0.1, 0.15) is 0 Å². The molecule has 0 aromatic heterocycles. The van der Waals surface area contributed by atoms with Crippen molar-refractivity contribution in [3.05, 3.63) is 29.3 Å². The van der Waals surface area contributed by atoms with E-state index in [1.807, 2.05) is 30.9 Å². The Labute approximate surface area is 166 Å². The maximum absolute atomic E-state index is 12.9. The van der Waals surface area contributed by atoms with Gasteiger partial charge in [0.25, 0.3) is 0 Å². The molecule has 154 valence electrons. The zero-order valence-electron chi connectivity index (χ0n) is 16.4. The normalized spacial score (nSPS) is 18.1. The number of aryl methyl sites for hydroxylation is 2. The first-order valence-corrected chi connectivity index (χ1v) is 11.1. The third-order valence-electron chi connectivity index (χ3n) is 5.08. The number of sulfonamides is 1. The van der Waals surface area contributed by atoms with Crippen LogP contribution >= 0.6 is 0 Å². The lowest BCUT2D eigenvalue weighted by molar-refractivity contribution is -0.121. The second-order valence-corrected chi connectivity index (χ2v) is 9.58. The fourth-order valence-corrected chi connectivity index (χ4v) is 5.13. The van der Waals surface area contributed by atoms with Crippen LogP contribution in [0.5, 0.6) is 0 Å². The molecule has 1 fully saturated rings. The second kappa shape index (κ2) is 8.59. The van der Waals surface area contributed by atoms with Crippen molar-refractivity contribution in [3.8, 4) is 0 Å². The molecule has 1 aromatic rings. The highest BCUT2D eigenvalue weighted by atomic mass is 32.2. The average molecular weight is 409 g/mol. The van der Waals surface area contributed by atoms with Crippen molar-refractivity contribution in [1.82, 2.24) is 19.8 Å². The number of carbonyl (C=O) groups is 2. The monoisotopic (exact) mass is 408 g/mol. The highest BCUT2D eigenvalue weighted by molar-refractivity contribution is 7.89. The average Bonchev–Trinajstić information content (AvgIpc) is 3.09. The Hall–Kier alpha value is -1.97. The quantitative estimate of drug-likeness (QED) is 0.748. The Balaban J connectivity index is 1.53. The zero-order valence-corrected chi connectivity index (χ0v) is 17.2. The predicted molar refractivity (Wildman–Crippen MR) is 105 cm³/mol. The number of rotatable bonds is 5. The van der Waals surface area contributed by atoms with E-state index in [0.29, 0.717) is 31.1 Å². The highest BCUT2D eigenvalue weighted by Gasteiger charge is 2.30. The number of hydrogen-bond donors (Lipinski definition) is 2. The van der Waals surface area contributed by atoms with Crippen LogP contribution in [-0.2, 0) is 27.7 Å². The lowest BCUT2D eigenvalue weighted by atomic mass is 10.1. The smallest absolute Gasteiger partial charge is 0.321 e. The Bertz CT molecular complexity index is 845. The van der Waals surface area contributed by atoms with E-state index in [4.69, 9.17) is 0 Å². The van der Waals surface area contributed by atoms with Crippen LogP contribution in [0.25, 0.3) is 0 Å². The molecule has 1 aliphatic carbocycles.